The number of carbonyl (C=O) groups excluding carboxylic acids is 1. The molecule has 3 N–H and O–H groups in total. The van der Waals surface area contributed by atoms with Gasteiger partial charge in [-0.3, -0.25) is 14.7 Å². The maximum absolute atomic E-state index is 12.3. The van der Waals surface area contributed by atoms with Gasteiger partial charge < -0.3 is 20.7 Å². The summed E-state index contributed by atoms with van der Waals surface area (Å²) in [4.78, 5) is 19.4. The van der Waals surface area contributed by atoms with Crippen molar-refractivity contribution in [3.05, 3.63) is 28.8 Å². The lowest BCUT2D eigenvalue weighted by atomic mass is 10.2. The molecule has 1 aromatic rings. The maximum Gasteiger partial charge on any atom is 0.226 e. The molecule has 176 valence electrons. The Morgan fingerprint density at radius 1 is 1.35 bits per heavy atom. The number of anilines is 1. The Hall–Kier alpha value is -1.10. The Kier molecular flexibility index (Phi) is 13.4. The van der Waals surface area contributed by atoms with Crippen molar-refractivity contribution in [1.82, 2.24) is 15.5 Å². The van der Waals surface area contributed by atoms with Gasteiger partial charge in [0, 0.05) is 49.9 Å². The molecule has 9 heteroatoms. The Labute approximate surface area is 208 Å². The molecule has 0 bridgehead atoms. The molecule has 1 atom stereocenters. The lowest BCUT2D eigenvalue weighted by Crippen LogP contribution is -2.46. The molecule has 0 aromatic heterocycles. The van der Waals surface area contributed by atoms with Gasteiger partial charge in [0.2, 0.25) is 5.91 Å². The number of nitrogens with zero attached hydrogens (tertiary/aromatic N) is 2. The van der Waals surface area contributed by atoms with E-state index in [1.807, 2.05) is 32.0 Å². The molecule has 2 rings (SSSR count). The zero-order chi connectivity index (χ0) is 21.9. The standard InChI is InChI=1S/C22H36ClN5O2.HI/c1-5-24-22(26-13-18-15-28(11-12-30-18)14-16(2)3)25-10-9-21(29)27-20-8-6-7-19(23)17(20)4;/h6-8,16,18H,5,9-15H2,1-4H3,(H,27,29)(H2,24,25,26);1H. The number of rotatable bonds is 9. The number of benzene rings is 1. The van der Waals surface area contributed by atoms with Crippen LogP contribution in [0.3, 0.4) is 0 Å². The topological polar surface area (TPSA) is 78.0 Å². The molecule has 1 saturated heterocycles. The van der Waals surface area contributed by atoms with Crippen LogP contribution in [0, 0.1) is 12.8 Å². The number of halogens is 2. The fourth-order valence-corrected chi connectivity index (χ4v) is 3.53. The van der Waals surface area contributed by atoms with Crippen LogP contribution in [-0.4, -0.2) is 68.7 Å². The van der Waals surface area contributed by atoms with Crippen molar-refractivity contribution in [3.63, 3.8) is 0 Å². The molecular weight excluding hydrogens is 529 g/mol. The molecule has 1 aliphatic heterocycles. The van der Waals surface area contributed by atoms with Crippen LogP contribution in [0.1, 0.15) is 32.8 Å². The summed E-state index contributed by atoms with van der Waals surface area (Å²) in [6, 6.07) is 5.49. The fraction of sp³-hybridized carbons (Fsp3) is 0.636. The van der Waals surface area contributed by atoms with E-state index in [2.05, 4.69) is 39.7 Å². The van der Waals surface area contributed by atoms with Crippen molar-refractivity contribution in [1.29, 1.82) is 0 Å². The molecule has 0 saturated carbocycles. The third-order valence-electron chi connectivity index (χ3n) is 4.83. The summed E-state index contributed by atoms with van der Waals surface area (Å²) in [7, 11) is 0. The number of morpholine rings is 1. The third-order valence-corrected chi connectivity index (χ3v) is 5.24. The van der Waals surface area contributed by atoms with Crippen LogP contribution < -0.4 is 16.0 Å². The average Bonchev–Trinajstić information content (AvgIpc) is 2.69. The minimum absolute atomic E-state index is 0. The van der Waals surface area contributed by atoms with Crippen molar-refractivity contribution in [2.24, 2.45) is 10.9 Å². The second kappa shape index (κ2) is 14.9. The average molecular weight is 566 g/mol. The number of nitrogens with one attached hydrogen (secondary N) is 3. The van der Waals surface area contributed by atoms with Crippen LogP contribution in [0.15, 0.2) is 23.2 Å². The predicted octanol–water partition coefficient (Wildman–Crippen LogP) is 3.51. The number of hydrogen-bond donors (Lipinski definition) is 3. The first-order valence-electron chi connectivity index (χ1n) is 10.8. The molecule has 1 heterocycles. The van der Waals surface area contributed by atoms with Crippen LogP contribution >= 0.6 is 35.6 Å². The van der Waals surface area contributed by atoms with Crippen molar-refractivity contribution in [3.8, 4) is 0 Å². The summed E-state index contributed by atoms with van der Waals surface area (Å²) in [5, 5.41) is 10.0. The minimum atomic E-state index is -0.0661. The highest BCUT2D eigenvalue weighted by molar-refractivity contribution is 14.0. The Bertz CT molecular complexity index is 717. The summed E-state index contributed by atoms with van der Waals surface area (Å²) in [6.45, 7) is 13.9. The van der Waals surface area contributed by atoms with Gasteiger partial charge in [-0.05, 0) is 37.5 Å². The highest BCUT2D eigenvalue weighted by Crippen LogP contribution is 2.22. The summed E-state index contributed by atoms with van der Waals surface area (Å²) in [5.41, 5.74) is 1.61. The van der Waals surface area contributed by atoms with Gasteiger partial charge in [0.15, 0.2) is 5.96 Å². The highest BCUT2D eigenvalue weighted by atomic mass is 127. The number of carbonyl (C=O) groups is 1. The van der Waals surface area contributed by atoms with Gasteiger partial charge in [-0.1, -0.05) is 31.5 Å². The normalized spacial score (nSPS) is 17.2. The summed E-state index contributed by atoms with van der Waals surface area (Å²) in [6.07, 6.45) is 0.431. The fourth-order valence-electron chi connectivity index (χ4n) is 3.36. The van der Waals surface area contributed by atoms with E-state index >= 15 is 0 Å². The first-order chi connectivity index (χ1) is 14.4. The minimum Gasteiger partial charge on any atom is -0.374 e. The summed E-state index contributed by atoms with van der Waals surface area (Å²) >= 11 is 6.11. The van der Waals surface area contributed by atoms with Gasteiger partial charge in [-0.15, -0.1) is 24.0 Å². The lowest BCUT2D eigenvalue weighted by Gasteiger charge is -2.33. The second-order valence-electron chi connectivity index (χ2n) is 8.00. The molecule has 1 unspecified atom stereocenters. The van der Waals surface area contributed by atoms with E-state index in [0.717, 1.165) is 44.0 Å². The van der Waals surface area contributed by atoms with E-state index in [0.29, 0.717) is 36.4 Å². The van der Waals surface area contributed by atoms with Gasteiger partial charge in [-0.2, -0.15) is 0 Å². The van der Waals surface area contributed by atoms with E-state index in [1.165, 1.54) is 0 Å². The van der Waals surface area contributed by atoms with Gasteiger partial charge in [0.05, 0.1) is 19.3 Å². The number of ether oxygens (including phenoxy) is 1. The monoisotopic (exact) mass is 565 g/mol. The van der Waals surface area contributed by atoms with Gasteiger partial charge in [-0.25, -0.2) is 0 Å². The molecule has 31 heavy (non-hydrogen) atoms. The molecule has 0 spiro atoms. The molecule has 7 nitrogen and oxygen atoms in total. The Morgan fingerprint density at radius 3 is 2.84 bits per heavy atom. The molecule has 0 radical (unpaired) electrons. The quantitative estimate of drug-likeness (QED) is 0.243. The van der Waals surface area contributed by atoms with Crippen LogP contribution in [0.5, 0.6) is 0 Å². The van der Waals surface area contributed by atoms with E-state index in [4.69, 9.17) is 16.3 Å². The van der Waals surface area contributed by atoms with Crippen molar-refractivity contribution in [2.75, 3.05) is 51.2 Å². The number of hydrogen-bond acceptors (Lipinski definition) is 4. The lowest BCUT2D eigenvalue weighted by molar-refractivity contribution is -0.116. The molecule has 1 aromatic carbocycles. The smallest absolute Gasteiger partial charge is 0.226 e. The number of guanidine groups is 1. The second-order valence-corrected chi connectivity index (χ2v) is 8.41. The van der Waals surface area contributed by atoms with Crippen LogP contribution in [-0.2, 0) is 9.53 Å². The molecular formula is C22H37ClIN5O2. The predicted molar refractivity (Wildman–Crippen MR) is 140 cm³/mol. The summed E-state index contributed by atoms with van der Waals surface area (Å²) < 4.78 is 5.87. The van der Waals surface area contributed by atoms with Gasteiger partial charge in [0.25, 0.3) is 0 Å². The Balaban J connectivity index is 0.00000480. The molecule has 0 aliphatic carbocycles. The van der Waals surface area contributed by atoms with Crippen LogP contribution in [0.4, 0.5) is 5.69 Å². The zero-order valence-corrected chi connectivity index (χ0v) is 22.1. The van der Waals surface area contributed by atoms with Gasteiger partial charge in [0.1, 0.15) is 0 Å². The van der Waals surface area contributed by atoms with Crippen LogP contribution in [0.2, 0.25) is 5.02 Å². The van der Waals surface area contributed by atoms with Crippen molar-refractivity contribution >= 4 is 53.1 Å². The SMILES string of the molecule is CCNC(=NCC1CN(CC(C)C)CCO1)NCCC(=O)Nc1cccc(Cl)c1C.I. The Morgan fingerprint density at radius 2 is 2.13 bits per heavy atom. The number of amides is 1. The summed E-state index contributed by atoms with van der Waals surface area (Å²) in [5.74, 6) is 1.28. The van der Waals surface area contributed by atoms with Crippen molar-refractivity contribution in [2.45, 2.75) is 40.2 Å². The first kappa shape index (κ1) is 27.9. The largest absolute Gasteiger partial charge is 0.374 e. The van der Waals surface area contributed by atoms with E-state index in [9.17, 15) is 4.79 Å². The van der Waals surface area contributed by atoms with Crippen molar-refractivity contribution < 1.29 is 9.53 Å². The van der Waals surface area contributed by atoms with E-state index < -0.39 is 0 Å². The molecule has 1 amide bonds. The molecule has 1 aliphatic rings. The highest BCUT2D eigenvalue weighted by Gasteiger charge is 2.20. The zero-order valence-electron chi connectivity index (χ0n) is 19.0. The van der Waals surface area contributed by atoms with E-state index in [-0.39, 0.29) is 36.0 Å². The maximum atomic E-state index is 12.3. The van der Waals surface area contributed by atoms with Gasteiger partial charge >= 0.3 is 0 Å². The molecule has 1 fully saturated rings. The van der Waals surface area contributed by atoms with Crippen LogP contribution in [0.25, 0.3) is 0 Å². The number of aliphatic imine (C=N–C) groups is 1. The first-order valence-corrected chi connectivity index (χ1v) is 11.2. The van der Waals surface area contributed by atoms with E-state index in [1.54, 1.807) is 0 Å². The third kappa shape index (κ3) is 10.4.